The second-order valence-corrected chi connectivity index (χ2v) is 23.6. The van der Waals surface area contributed by atoms with Gasteiger partial charge < -0.3 is 29.2 Å². The molecule has 0 spiro atoms. The summed E-state index contributed by atoms with van der Waals surface area (Å²) in [5.41, 5.74) is 3.03. The third kappa shape index (κ3) is 10.8. The van der Waals surface area contributed by atoms with Gasteiger partial charge in [0.15, 0.2) is 5.60 Å². The molecule has 0 radical (unpaired) electrons. The van der Waals surface area contributed by atoms with Gasteiger partial charge in [0, 0.05) is 63.1 Å². The Morgan fingerprint density at radius 2 is 1.31 bits per heavy atom. The topological polar surface area (TPSA) is 69.3 Å². The minimum Gasteiger partial charge on any atom is -0.497 e. The molecule has 1 unspecified atom stereocenters. The first-order valence-corrected chi connectivity index (χ1v) is 29.5. The molecule has 7 nitrogen and oxygen atoms in total. The van der Waals surface area contributed by atoms with Crippen LogP contribution >= 0.6 is 0 Å². The van der Waals surface area contributed by atoms with E-state index >= 15 is 13.2 Å². The van der Waals surface area contributed by atoms with Crippen LogP contribution in [0.4, 0.5) is 37.7 Å². The van der Waals surface area contributed by atoms with Crippen molar-refractivity contribution in [2.75, 3.05) is 50.7 Å². The number of morpholine rings is 1. The standard InChI is InChI=1S/C72H68F6N2O5/c1-6-7-8-9-44-10-12-45(13-11-44)46-14-16-47(17-15-46)48-18-20-50(21-19-48)68(81)79-54-28-22-49(23-29-54)58-42-59-60(43-63(58)83-5)67-57(66-64(59)61-40-53(71(73,74)75)41-62(72(76,77)78)65(61)69(66,2)3)34-35-70(85-67,52-26-32-56(82-4)33-27-52)51-24-30-55(31-25-51)80-36-38-84-39-37-80/h14-35,40-45H,6-13,36-39H2,1-5H3,(H,79,81). The average Bonchev–Trinajstić information content (AvgIpc) is 1.60. The van der Waals surface area contributed by atoms with Crippen LogP contribution in [0.5, 0.6) is 17.2 Å². The number of ether oxygens (including phenoxy) is 4. The molecule has 1 saturated carbocycles. The summed E-state index contributed by atoms with van der Waals surface area (Å²) in [6.45, 7) is 8.15. The van der Waals surface area contributed by atoms with Gasteiger partial charge in [0.05, 0.1) is 38.6 Å². The number of hydrogen-bond acceptors (Lipinski definition) is 6. The van der Waals surface area contributed by atoms with Crippen LogP contribution in [0, 0.1) is 5.92 Å². The molecule has 1 N–H and O–H groups in total. The number of nitrogens with zero attached hydrogens (tertiary/aromatic N) is 1. The molecule has 85 heavy (non-hydrogen) atoms. The van der Waals surface area contributed by atoms with Gasteiger partial charge in [0.25, 0.3) is 5.91 Å². The summed E-state index contributed by atoms with van der Waals surface area (Å²) in [5, 5.41) is 3.78. The van der Waals surface area contributed by atoms with Crippen LogP contribution in [0.1, 0.15) is 133 Å². The van der Waals surface area contributed by atoms with Gasteiger partial charge in [-0.2, -0.15) is 26.3 Å². The highest BCUT2D eigenvalue weighted by Crippen LogP contribution is 2.62. The fraction of sp³-hybridized carbons (Fsp3) is 0.319. The SMILES string of the molecule is CCCCCC1CCC(c2ccc(-c3ccc(C(=O)Nc4ccc(-c5cc6c7c(c8c(c6cc5OC)OC(c5ccc(OC)cc5)(c5ccc(N6CCOCC6)cc5)C=C8)C(C)(C)c5c-7cc(C(F)(F)F)cc5C(F)(F)F)cc4)cc3)cc2)CC1. The fourth-order valence-electron chi connectivity index (χ4n) is 13.7. The summed E-state index contributed by atoms with van der Waals surface area (Å²) in [4.78, 5) is 16.0. The zero-order chi connectivity index (χ0) is 59.4. The van der Waals surface area contributed by atoms with Crippen molar-refractivity contribution in [1.29, 1.82) is 0 Å². The van der Waals surface area contributed by atoms with E-state index in [-0.39, 0.29) is 28.7 Å². The Bertz CT molecular complexity index is 3800. The molecular formula is C72H68F6N2O5. The van der Waals surface area contributed by atoms with E-state index < -0.39 is 34.5 Å². The molecule has 1 amide bonds. The molecule has 1 atom stereocenters. The van der Waals surface area contributed by atoms with Crippen molar-refractivity contribution in [3.05, 3.63) is 202 Å². The third-order valence-corrected chi connectivity index (χ3v) is 18.2. The van der Waals surface area contributed by atoms with Crippen molar-refractivity contribution in [1.82, 2.24) is 0 Å². The molecule has 2 heterocycles. The molecule has 4 aliphatic rings. The highest BCUT2D eigenvalue weighted by molar-refractivity contribution is 6.11. The molecular weight excluding hydrogens is 1090 g/mol. The van der Waals surface area contributed by atoms with Gasteiger partial charge in [0.1, 0.15) is 17.2 Å². The van der Waals surface area contributed by atoms with Gasteiger partial charge in [-0.15, -0.1) is 0 Å². The van der Waals surface area contributed by atoms with Gasteiger partial charge in [-0.3, -0.25) is 4.79 Å². The predicted molar refractivity (Wildman–Crippen MR) is 325 cm³/mol. The molecule has 1 saturated heterocycles. The van der Waals surface area contributed by atoms with E-state index in [2.05, 4.69) is 41.4 Å². The van der Waals surface area contributed by atoms with Crippen LogP contribution in [0.25, 0.3) is 50.2 Å². The number of methoxy groups -OCH3 is 2. The number of amides is 1. The van der Waals surface area contributed by atoms with Crippen LogP contribution in [0.15, 0.2) is 152 Å². The van der Waals surface area contributed by atoms with E-state index in [1.54, 1.807) is 57.4 Å². The summed E-state index contributed by atoms with van der Waals surface area (Å²) in [6, 6.07) is 43.5. The van der Waals surface area contributed by atoms with Crippen LogP contribution in [-0.2, 0) is 28.1 Å². The lowest BCUT2D eigenvalue weighted by Crippen LogP contribution is -2.37. The molecule has 8 aromatic rings. The average molecular weight is 1160 g/mol. The van der Waals surface area contributed by atoms with Gasteiger partial charge >= 0.3 is 12.4 Å². The maximum Gasteiger partial charge on any atom is 0.416 e. The van der Waals surface area contributed by atoms with Crippen molar-refractivity contribution >= 4 is 34.1 Å². The Morgan fingerprint density at radius 3 is 1.92 bits per heavy atom. The summed E-state index contributed by atoms with van der Waals surface area (Å²) < 4.78 is 116. The maximum absolute atomic E-state index is 15.4. The minimum absolute atomic E-state index is 0.171. The Kier molecular flexibility index (Phi) is 15.4. The van der Waals surface area contributed by atoms with Gasteiger partial charge in [0.2, 0.25) is 0 Å². The minimum atomic E-state index is -5.14. The van der Waals surface area contributed by atoms with Crippen molar-refractivity contribution < 1.29 is 50.1 Å². The number of rotatable bonds is 14. The number of unbranched alkanes of at least 4 members (excludes halogenated alkanes) is 2. The van der Waals surface area contributed by atoms with Gasteiger partial charge in [-0.05, 0) is 166 Å². The summed E-state index contributed by atoms with van der Waals surface area (Å²) in [5.74, 6) is 2.42. The maximum atomic E-state index is 15.4. The highest BCUT2D eigenvalue weighted by Gasteiger charge is 2.50. The monoisotopic (exact) mass is 1150 g/mol. The Balaban J connectivity index is 0.905. The van der Waals surface area contributed by atoms with Crippen molar-refractivity contribution in [2.24, 2.45) is 5.92 Å². The molecule has 13 heteroatoms. The first kappa shape index (κ1) is 57.4. The Hall–Kier alpha value is -8.03. The van der Waals surface area contributed by atoms with Crippen molar-refractivity contribution in [3.8, 4) is 50.6 Å². The summed E-state index contributed by atoms with van der Waals surface area (Å²) in [7, 11) is 3.08. The normalized spacial score (nSPS) is 19.0. The number of halogens is 6. The molecule has 12 rings (SSSR count). The van der Waals surface area contributed by atoms with Gasteiger partial charge in [-0.1, -0.05) is 125 Å². The number of alkyl halides is 6. The van der Waals surface area contributed by atoms with Crippen molar-refractivity contribution in [2.45, 2.75) is 101 Å². The van der Waals surface area contributed by atoms with E-state index in [1.165, 1.54) is 64.0 Å². The van der Waals surface area contributed by atoms with E-state index in [4.69, 9.17) is 18.9 Å². The number of carbonyl (C=O) groups excluding carboxylic acids is 1. The first-order chi connectivity index (χ1) is 40.9. The van der Waals surface area contributed by atoms with E-state index in [0.717, 1.165) is 47.5 Å². The molecule has 2 fully saturated rings. The summed E-state index contributed by atoms with van der Waals surface area (Å²) >= 11 is 0. The molecule has 8 aromatic carbocycles. The second-order valence-electron chi connectivity index (χ2n) is 23.6. The largest absolute Gasteiger partial charge is 0.497 e. The van der Waals surface area contributed by atoms with Crippen LogP contribution in [-0.4, -0.2) is 46.4 Å². The number of nitrogens with one attached hydrogen (secondary N) is 1. The number of benzene rings is 8. The molecule has 2 aliphatic carbocycles. The van der Waals surface area contributed by atoms with Gasteiger partial charge in [-0.25, -0.2) is 0 Å². The quantitative estimate of drug-likeness (QED) is 0.0864. The highest BCUT2D eigenvalue weighted by atomic mass is 19.4. The van der Waals surface area contributed by atoms with E-state index in [0.29, 0.717) is 86.2 Å². The first-order valence-electron chi connectivity index (χ1n) is 29.5. The lowest BCUT2D eigenvalue weighted by molar-refractivity contribution is -0.143. The fourth-order valence-corrected chi connectivity index (χ4v) is 13.7. The zero-order valence-electron chi connectivity index (χ0n) is 48.4. The van der Waals surface area contributed by atoms with E-state index in [9.17, 15) is 18.0 Å². The Morgan fingerprint density at radius 1 is 0.671 bits per heavy atom. The lowest BCUT2D eigenvalue weighted by atomic mass is 9.75. The molecule has 438 valence electrons. The van der Waals surface area contributed by atoms with Crippen LogP contribution in [0.3, 0.4) is 0 Å². The third-order valence-electron chi connectivity index (χ3n) is 18.2. The molecule has 0 bridgehead atoms. The number of hydrogen-bond donors (Lipinski definition) is 1. The zero-order valence-corrected chi connectivity index (χ0v) is 48.4. The number of anilines is 2. The second kappa shape index (κ2) is 22.8. The Labute approximate surface area is 492 Å². The van der Waals surface area contributed by atoms with Crippen molar-refractivity contribution in [3.63, 3.8) is 0 Å². The van der Waals surface area contributed by atoms with Crippen LogP contribution < -0.4 is 24.4 Å². The van der Waals surface area contributed by atoms with E-state index in [1.807, 2.05) is 84.9 Å². The molecule has 0 aromatic heterocycles. The number of fused-ring (bicyclic) bond motifs is 8. The predicted octanol–water partition coefficient (Wildman–Crippen LogP) is 18.8. The molecule has 2 aliphatic heterocycles. The van der Waals surface area contributed by atoms with Crippen LogP contribution in [0.2, 0.25) is 0 Å². The number of carbonyl (C=O) groups is 1. The lowest BCUT2D eigenvalue weighted by Gasteiger charge is -2.39. The smallest absolute Gasteiger partial charge is 0.416 e. The summed E-state index contributed by atoms with van der Waals surface area (Å²) in [6.07, 6.45) is 3.83.